The molecular weight excluding hydrogens is 387 g/mol. The van der Waals surface area contributed by atoms with E-state index in [0.29, 0.717) is 35.1 Å². The third kappa shape index (κ3) is 3.40. The predicted molar refractivity (Wildman–Crippen MR) is 108 cm³/mol. The van der Waals surface area contributed by atoms with Crippen LogP contribution in [0.2, 0.25) is 0 Å². The molecular formula is C22H19FN4O3. The first-order valence-corrected chi connectivity index (χ1v) is 9.38. The number of halogens is 1. The number of aromatic nitrogens is 2. The summed E-state index contributed by atoms with van der Waals surface area (Å²) in [4.78, 5) is 25.5. The molecule has 1 aliphatic heterocycles. The van der Waals surface area contributed by atoms with E-state index in [0.717, 1.165) is 0 Å². The Kier molecular flexibility index (Phi) is 4.76. The molecule has 3 N–H and O–H groups in total. The predicted octanol–water partition coefficient (Wildman–Crippen LogP) is 1.60. The Morgan fingerprint density at radius 3 is 2.87 bits per heavy atom. The van der Waals surface area contributed by atoms with Crippen molar-refractivity contribution >= 4 is 22.7 Å². The van der Waals surface area contributed by atoms with Crippen LogP contribution in [-0.2, 0) is 4.79 Å². The number of hydrogen-bond donors (Lipinski definition) is 2. The van der Waals surface area contributed by atoms with Crippen LogP contribution in [0.1, 0.15) is 28.9 Å². The second kappa shape index (κ2) is 7.28. The number of likely N-dealkylation sites (N-methyl/N-ethyl adjacent to an activating group) is 1. The molecule has 7 nitrogen and oxygen atoms in total. The van der Waals surface area contributed by atoms with E-state index in [-0.39, 0.29) is 12.1 Å². The van der Waals surface area contributed by atoms with Gasteiger partial charge in [-0.25, -0.2) is 9.07 Å². The molecule has 30 heavy (non-hydrogen) atoms. The van der Waals surface area contributed by atoms with E-state index in [9.17, 15) is 19.1 Å². The fourth-order valence-corrected chi connectivity index (χ4v) is 3.57. The number of carbonyl (C=O) groups is 2. The van der Waals surface area contributed by atoms with E-state index in [4.69, 9.17) is 5.73 Å². The molecule has 0 aliphatic carbocycles. The van der Waals surface area contributed by atoms with Crippen molar-refractivity contribution in [1.82, 2.24) is 14.7 Å². The Bertz CT molecular complexity index is 1240. The normalized spacial score (nSPS) is 18.9. The van der Waals surface area contributed by atoms with Gasteiger partial charge in [0.2, 0.25) is 5.60 Å². The van der Waals surface area contributed by atoms with Crippen LogP contribution >= 0.6 is 0 Å². The number of primary amides is 1. The number of amides is 2. The topological polar surface area (TPSA) is 101 Å². The lowest BCUT2D eigenvalue weighted by molar-refractivity contribution is -0.148. The number of nitrogens with zero attached hydrogens (tertiary/aromatic N) is 3. The summed E-state index contributed by atoms with van der Waals surface area (Å²) in [6.07, 6.45) is 0.933. The first kappa shape index (κ1) is 19.6. The third-order valence-corrected chi connectivity index (χ3v) is 5.11. The molecule has 2 aromatic carbocycles. The van der Waals surface area contributed by atoms with Gasteiger partial charge in [-0.3, -0.25) is 9.59 Å². The lowest BCUT2D eigenvalue weighted by Gasteiger charge is -2.32. The van der Waals surface area contributed by atoms with Gasteiger partial charge in [0, 0.05) is 30.6 Å². The van der Waals surface area contributed by atoms with Crippen molar-refractivity contribution in [2.75, 3.05) is 13.6 Å². The van der Waals surface area contributed by atoms with Gasteiger partial charge in [-0.1, -0.05) is 17.9 Å². The molecule has 1 aliphatic rings. The van der Waals surface area contributed by atoms with Crippen molar-refractivity contribution < 1.29 is 19.1 Å². The highest BCUT2D eigenvalue weighted by Crippen LogP contribution is 2.24. The van der Waals surface area contributed by atoms with E-state index >= 15 is 0 Å². The second-order valence-corrected chi connectivity index (χ2v) is 7.28. The molecule has 1 aromatic heterocycles. The van der Waals surface area contributed by atoms with Gasteiger partial charge < -0.3 is 15.7 Å². The summed E-state index contributed by atoms with van der Waals surface area (Å²) in [5.74, 6) is 3.93. The van der Waals surface area contributed by atoms with Gasteiger partial charge in [-0.05, 0) is 43.2 Å². The van der Waals surface area contributed by atoms with Gasteiger partial charge in [-0.2, -0.15) is 5.10 Å². The molecule has 8 heteroatoms. The summed E-state index contributed by atoms with van der Waals surface area (Å²) in [5, 5.41) is 15.3. The van der Waals surface area contributed by atoms with Crippen molar-refractivity contribution in [1.29, 1.82) is 0 Å². The highest BCUT2D eigenvalue weighted by Gasteiger charge is 2.39. The zero-order chi connectivity index (χ0) is 21.5. The number of hydrogen-bond acceptors (Lipinski definition) is 4. The van der Waals surface area contributed by atoms with Gasteiger partial charge in [0.15, 0.2) is 5.69 Å². The fraction of sp³-hybridized carbons (Fsp3) is 0.227. The first-order valence-electron chi connectivity index (χ1n) is 9.38. The standard InChI is InChI=1S/C22H19FN4O3/c1-26-11-3-9-22(30,21(26)29)10-8-14-4-2-5-16(12-14)27-18-13-15(23)6-7-17(18)19(25-27)20(24)28/h2,4-7,12-13,30H,3,9,11H2,1H3,(H2,24,28). The van der Waals surface area contributed by atoms with Gasteiger partial charge in [0.05, 0.1) is 11.2 Å². The molecule has 1 unspecified atom stereocenters. The number of piperidine rings is 1. The van der Waals surface area contributed by atoms with E-state index in [1.54, 1.807) is 31.3 Å². The summed E-state index contributed by atoms with van der Waals surface area (Å²) in [6.45, 7) is 0.587. The minimum Gasteiger partial charge on any atom is -0.369 e. The number of aliphatic hydroxyl groups is 1. The molecule has 0 saturated carbocycles. The van der Waals surface area contributed by atoms with Crippen LogP contribution in [-0.4, -0.2) is 50.8 Å². The lowest BCUT2D eigenvalue weighted by atomic mass is 9.92. The monoisotopic (exact) mass is 406 g/mol. The van der Waals surface area contributed by atoms with Crippen LogP contribution in [0, 0.1) is 17.7 Å². The van der Waals surface area contributed by atoms with Crippen molar-refractivity contribution in [2.24, 2.45) is 5.73 Å². The summed E-state index contributed by atoms with van der Waals surface area (Å²) in [7, 11) is 1.63. The molecule has 2 heterocycles. The lowest BCUT2D eigenvalue weighted by Crippen LogP contribution is -2.51. The van der Waals surface area contributed by atoms with E-state index in [1.165, 1.54) is 27.8 Å². The SMILES string of the molecule is CN1CCCC(O)(C#Cc2cccc(-n3nc(C(N)=O)c4ccc(F)cc43)c2)C1=O. The summed E-state index contributed by atoms with van der Waals surface area (Å²) >= 11 is 0. The quantitative estimate of drug-likeness (QED) is 0.631. The Morgan fingerprint density at radius 1 is 1.30 bits per heavy atom. The maximum atomic E-state index is 13.8. The highest BCUT2D eigenvalue weighted by atomic mass is 19.1. The zero-order valence-electron chi connectivity index (χ0n) is 16.2. The molecule has 1 fully saturated rings. The average molecular weight is 406 g/mol. The van der Waals surface area contributed by atoms with E-state index in [1.807, 2.05) is 0 Å². The number of rotatable bonds is 2. The van der Waals surface area contributed by atoms with Crippen LogP contribution in [0.3, 0.4) is 0 Å². The number of likely N-dealkylation sites (tertiary alicyclic amines) is 1. The van der Waals surface area contributed by atoms with Crippen molar-refractivity contribution in [3.05, 3.63) is 59.5 Å². The molecule has 152 valence electrons. The summed E-state index contributed by atoms with van der Waals surface area (Å²) in [6, 6.07) is 10.8. The molecule has 1 saturated heterocycles. The van der Waals surface area contributed by atoms with Crippen LogP contribution < -0.4 is 5.73 Å². The fourth-order valence-electron chi connectivity index (χ4n) is 3.57. The van der Waals surface area contributed by atoms with Crippen LogP contribution in [0.25, 0.3) is 16.6 Å². The number of nitrogens with two attached hydrogens (primary N) is 1. The largest absolute Gasteiger partial charge is 0.369 e. The Morgan fingerprint density at radius 2 is 2.10 bits per heavy atom. The second-order valence-electron chi connectivity index (χ2n) is 7.28. The average Bonchev–Trinajstić information content (AvgIpc) is 3.10. The van der Waals surface area contributed by atoms with Gasteiger partial charge in [0.1, 0.15) is 5.82 Å². The number of benzene rings is 2. The van der Waals surface area contributed by atoms with E-state index in [2.05, 4.69) is 16.9 Å². The molecule has 0 bridgehead atoms. The van der Waals surface area contributed by atoms with Crippen molar-refractivity contribution in [3.63, 3.8) is 0 Å². The summed E-state index contributed by atoms with van der Waals surface area (Å²) < 4.78 is 15.2. The van der Waals surface area contributed by atoms with Gasteiger partial charge >= 0.3 is 0 Å². The molecule has 1 atom stereocenters. The van der Waals surface area contributed by atoms with Gasteiger partial charge in [0.25, 0.3) is 11.8 Å². The first-order chi connectivity index (χ1) is 14.3. The minimum absolute atomic E-state index is 0.0339. The maximum Gasteiger partial charge on any atom is 0.269 e. The molecule has 4 rings (SSSR count). The van der Waals surface area contributed by atoms with Crippen molar-refractivity contribution in [2.45, 2.75) is 18.4 Å². The summed E-state index contributed by atoms with van der Waals surface area (Å²) in [5.41, 5.74) is 5.18. The molecule has 0 spiro atoms. The van der Waals surface area contributed by atoms with E-state index < -0.39 is 23.2 Å². The van der Waals surface area contributed by atoms with Crippen molar-refractivity contribution in [3.8, 4) is 17.5 Å². The Balaban J connectivity index is 1.76. The third-order valence-electron chi connectivity index (χ3n) is 5.11. The maximum absolute atomic E-state index is 13.8. The van der Waals surface area contributed by atoms with Crippen LogP contribution in [0.5, 0.6) is 0 Å². The van der Waals surface area contributed by atoms with Crippen LogP contribution in [0.4, 0.5) is 4.39 Å². The van der Waals surface area contributed by atoms with Gasteiger partial charge in [-0.15, -0.1) is 0 Å². The zero-order valence-corrected chi connectivity index (χ0v) is 16.2. The Hall–Kier alpha value is -3.70. The molecule has 3 aromatic rings. The van der Waals surface area contributed by atoms with Crippen LogP contribution in [0.15, 0.2) is 42.5 Å². The highest BCUT2D eigenvalue weighted by molar-refractivity contribution is 6.04. The smallest absolute Gasteiger partial charge is 0.269 e. The Labute approximate surface area is 171 Å². The molecule has 2 amide bonds. The number of fused-ring (bicyclic) bond motifs is 1. The number of carbonyl (C=O) groups excluding carboxylic acids is 2. The minimum atomic E-state index is -1.72. The molecule has 0 radical (unpaired) electrons.